The van der Waals surface area contributed by atoms with E-state index in [-0.39, 0.29) is 25.1 Å². The molecule has 1 saturated heterocycles. The summed E-state index contributed by atoms with van der Waals surface area (Å²) < 4.78 is 12.1. The lowest BCUT2D eigenvalue weighted by Crippen LogP contribution is -2.42. The first-order valence-electron chi connectivity index (χ1n) is 10.7. The van der Waals surface area contributed by atoms with Crippen molar-refractivity contribution in [1.29, 1.82) is 0 Å². The smallest absolute Gasteiger partial charge is 0.340 e. The van der Waals surface area contributed by atoms with E-state index >= 15 is 0 Å². The molecule has 10 nitrogen and oxygen atoms in total. The number of morpholine rings is 1. The number of amides is 3. The van der Waals surface area contributed by atoms with Crippen LogP contribution in [0.3, 0.4) is 0 Å². The van der Waals surface area contributed by atoms with E-state index in [1.807, 2.05) is 7.05 Å². The maximum atomic E-state index is 13.1. The minimum absolute atomic E-state index is 0.139. The number of ether oxygens (including phenoxy) is 2. The largest absolute Gasteiger partial charge is 0.462 e. The fraction of sp³-hybridized carbons (Fsp3) is 0.455. The first kappa shape index (κ1) is 21.8. The number of fused-ring (bicyclic) bond motifs is 1. The molecule has 2 aliphatic rings. The van der Waals surface area contributed by atoms with Gasteiger partial charge in [-0.1, -0.05) is 12.1 Å². The second-order valence-corrected chi connectivity index (χ2v) is 7.67. The van der Waals surface area contributed by atoms with Gasteiger partial charge < -0.3 is 24.6 Å². The van der Waals surface area contributed by atoms with Crippen LogP contribution in [0.15, 0.2) is 24.3 Å². The highest BCUT2D eigenvalue weighted by molar-refractivity contribution is 6.01. The Hall–Kier alpha value is -3.40. The number of anilines is 1. The van der Waals surface area contributed by atoms with Gasteiger partial charge in [0.25, 0.3) is 5.91 Å². The third-order valence-corrected chi connectivity index (χ3v) is 5.69. The summed E-state index contributed by atoms with van der Waals surface area (Å²) in [5.74, 6) is -0.630. The van der Waals surface area contributed by atoms with Gasteiger partial charge in [-0.2, -0.15) is 5.10 Å². The molecule has 2 aromatic rings. The van der Waals surface area contributed by atoms with Crippen molar-refractivity contribution in [2.24, 2.45) is 7.05 Å². The number of esters is 1. The van der Waals surface area contributed by atoms with Gasteiger partial charge >= 0.3 is 12.0 Å². The molecule has 1 aromatic heterocycles. The molecule has 1 aromatic carbocycles. The maximum Gasteiger partial charge on any atom is 0.340 e. The Morgan fingerprint density at radius 3 is 2.62 bits per heavy atom. The van der Waals surface area contributed by atoms with E-state index in [0.29, 0.717) is 56.2 Å². The summed E-state index contributed by atoms with van der Waals surface area (Å²) in [6.07, 6.45) is 0.585. The highest BCUT2D eigenvalue weighted by Crippen LogP contribution is 2.25. The van der Waals surface area contributed by atoms with Crippen LogP contribution in [0.25, 0.3) is 0 Å². The van der Waals surface area contributed by atoms with Crippen LogP contribution in [0.1, 0.15) is 39.0 Å². The Morgan fingerprint density at radius 1 is 1.12 bits per heavy atom. The van der Waals surface area contributed by atoms with Crippen LogP contribution in [0, 0.1) is 0 Å². The number of aromatic nitrogens is 2. The summed E-state index contributed by atoms with van der Waals surface area (Å²) in [5, 5.41) is 7.28. The Balaban J connectivity index is 1.52. The lowest BCUT2D eigenvalue weighted by atomic mass is 10.0. The summed E-state index contributed by atoms with van der Waals surface area (Å²) in [4.78, 5) is 41.7. The van der Waals surface area contributed by atoms with Gasteiger partial charge in [-0.05, 0) is 19.1 Å². The van der Waals surface area contributed by atoms with Crippen molar-refractivity contribution in [1.82, 2.24) is 19.6 Å². The number of para-hydroxylation sites is 1. The maximum absolute atomic E-state index is 13.1. The van der Waals surface area contributed by atoms with Gasteiger partial charge in [0.2, 0.25) is 0 Å². The molecule has 3 amide bonds. The Kier molecular flexibility index (Phi) is 6.40. The van der Waals surface area contributed by atoms with Gasteiger partial charge in [-0.15, -0.1) is 0 Å². The van der Waals surface area contributed by atoms with Gasteiger partial charge in [-0.3, -0.25) is 9.48 Å². The number of rotatable bonds is 4. The van der Waals surface area contributed by atoms with Crippen molar-refractivity contribution in [3.63, 3.8) is 0 Å². The molecular formula is C22H27N5O5. The van der Waals surface area contributed by atoms with Crippen molar-refractivity contribution in [2.45, 2.75) is 19.9 Å². The lowest BCUT2D eigenvalue weighted by Gasteiger charge is -2.29. The number of hydrogen-bond donors (Lipinski definition) is 1. The molecule has 1 N–H and O–H groups in total. The van der Waals surface area contributed by atoms with E-state index in [1.54, 1.807) is 45.7 Å². The molecule has 0 saturated carbocycles. The van der Waals surface area contributed by atoms with E-state index in [4.69, 9.17) is 9.47 Å². The van der Waals surface area contributed by atoms with Crippen LogP contribution in [0.2, 0.25) is 0 Å². The van der Waals surface area contributed by atoms with E-state index in [1.165, 1.54) is 0 Å². The van der Waals surface area contributed by atoms with E-state index < -0.39 is 5.97 Å². The first-order chi connectivity index (χ1) is 15.5. The molecule has 10 heteroatoms. The van der Waals surface area contributed by atoms with Crippen LogP contribution >= 0.6 is 0 Å². The number of urea groups is 1. The van der Waals surface area contributed by atoms with Gasteiger partial charge in [0, 0.05) is 44.4 Å². The summed E-state index contributed by atoms with van der Waals surface area (Å²) in [7, 11) is 1.82. The predicted molar refractivity (Wildman–Crippen MR) is 115 cm³/mol. The molecule has 170 valence electrons. The molecule has 0 atom stereocenters. The van der Waals surface area contributed by atoms with Crippen LogP contribution in [0.4, 0.5) is 10.5 Å². The highest BCUT2D eigenvalue weighted by Gasteiger charge is 2.32. The molecule has 32 heavy (non-hydrogen) atoms. The molecule has 0 aliphatic carbocycles. The van der Waals surface area contributed by atoms with Crippen molar-refractivity contribution in [2.75, 3.05) is 44.8 Å². The molecule has 0 spiro atoms. The zero-order valence-electron chi connectivity index (χ0n) is 18.3. The number of carbonyl (C=O) groups is 3. The average molecular weight is 441 g/mol. The summed E-state index contributed by atoms with van der Waals surface area (Å²) in [6.45, 7) is 4.79. The van der Waals surface area contributed by atoms with Gasteiger partial charge in [-0.25, -0.2) is 9.59 Å². The summed E-state index contributed by atoms with van der Waals surface area (Å²) >= 11 is 0. The normalized spacial score (nSPS) is 15.8. The highest BCUT2D eigenvalue weighted by atomic mass is 16.5. The van der Waals surface area contributed by atoms with Gasteiger partial charge in [0.15, 0.2) is 5.69 Å². The summed E-state index contributed by atoms with van der Waals surface area (Å²) in [5.41, 5.74) is 2.79. The first-order valence-corrected chi connectivity index (χ1v) is 10.7. The van der Waals surface area contributed by atoms with Crippen molar-refractivity contribution in [3.8, 4) is 0 Å². The zero-order chi connectivity index (χ0) is 22.7. The Morgan fingerprint density at radius 2 is 1.88 bits per heavy atom. The second-order valence-electron chi connectivity index (χ2n) is 7.67. The molecule has 0 unspecified atom stereocenters. The standard InChI is InChI=1S/C22H27N5O5/c1-3-32-21(29)15-6-4-5-7-17(15)23-22(30)27-9-8-18-16(14-27)19(24-25(18)2)20(28)26-10-12-31-13-11-26/h4-7H,3,8-14H2,1-2H3,(H,23,30). The molecule has 3 heterocycles. The molecule has 1 fully saturated rings. The van der Waals surface area contributed by atoms with Crippen molar-refractivity contribution >= 4 is 23.6 Å². The van der Waals surface area contributed by atoms with Crippen LogP contribution in [-0.4, -0.2) is 76.9 Å². The van der Waals surface area contributed by atoms with Crippen LogP contribution < -0.4 is 5.32 Å². The summed E-state index contributed by atoms with van der Waals surface area (Å²) in [6, 6.07) is 6.39. The Bertz CT molecular complexity index is 1030. The number of benzene rings is 1. The zero-order valence-corrected chi connectivity index (χ0v) is 18.3. The number of nitrogens with one attached hydrogen (secondary N) is 1. The van der Waals surface area contributed by atoms with Gasteiger partial charge in [0.05, 0.1) is 37.6 Å². The second kappa shape index (κ2) is 9.39. The van der Waals surface area contributed by atoms with E-state index in [0.717, 1.165) is 11.3 Å². The number of carbonyl (C=O) groups excluding carboxylic acids is 3. The molecule has 2 aliphatic heterocycles. The number of hydrogen-bond acceptors (Lipinski definition) is 6. The monoisotopic (exact) mass is 441 g/mol. The van der Waals surface area contributed by atoms with Crippen LogP contribution in [0.5, 0.6) is 0 Å². The third kappa shape index (κ3) is 4.31. The van der Waals surface area contributed by atoms with E-state index in [2.05, 4.69) is 10.4 Å². The van der Waals surface area contributed by atoms with Crippen LogP contribution in [-0.2, 0) is 29.5 Å². The third-order valence-electron chi connectivity index (χ3n) is 5.69. The molecular weight excluding hydrogens is 414 g/mol. The Labute approximate surface area is 186 Å². The SMILES string of the molecule is CCOC(=O)c1ccccc1NC(=O)N1CCc2c(c(C(=O)N3CCOCC3)nn2C)C1. The van der Waals surface area contributed by atoms with Gasteiger partial charge in [0.1, 0.15) is 0 Å². The minimum atomic E-state index is -0.491. The average Bonchev–Trinajstić information content (AvgIpc) is 3.15. The minimum Gasteiger partial charge on any atom is -0.462 e. The lowest BCUT2D eigenvalue weighted by molar-refractivity contribution is 0.0297. The molecule has 4 rings (SSSR count). The van der Waals surface area contributed by atoms with E-state index in [9.17, 15) is 14.4 Å². The molecule has 0 radical (unpaired) electrons. The van der Waals surface area contributed by atoms with Crippen molar-refractivity contribution in [3.05, 3.63) is 46.8 Å². The fourth-order valence-electron chi connectivity index (χ4n) is 4.03. The molecule has 0 bridgehead atoms. The van der Waals surface area contributed by atoms with Crippen molar-refractivity contribution < 1.29 is 23.9 Å². The predicted octanol–water partition coefficient (Wildman–Crippen LogP) is 1.66. The number of aryl methyl sites for hydroxylation is 1. The topological polar surface area (TPSA) is 106 Å². The quantitative estimate of drug-likeness (QED) is 0.724. The number of nitrogens with zero attached hydrogens (tertiary/aromatic N) is 4. The fourth-order valence-corrected chi connectivity index (χ4v) is 4.03.